The topological polar surface area (TPSA) is 35.5 Å². The third-order valence-corrected chi connectivity index (χ3v) is 7.05. The number of hydrogen-bond donors (Lipinski definition) is 0. The van der Waals surface area contributed by atoms with Crippen molar-refractivity contribution in [3.63, 3.8) is 0 Å². The number of methoxy groups -OCH3 is 2. The SMILES string of the molecule is COC(=O)[C@H](C)[C@@H]1CC=C2C3=C(CC[C@@]21C)c1ccc(OC)cc1CC3. The maximum absolute atomic E-state index is 12.2. The Kier molecular flexibility index (Phi) is 4.21. The number of carbonyl (C=O) groups is 1. The number of rotatable bonds is 3. The third-order valence-electron chi connectivity index (χ3n) is 7.05. The van der Waals surface area contributed by atoms with Crippen molar-refractivity contribution in [3.05, 3.63) is 46.5 Å². The fourth-order valence-corrected chi connectivity index (χ4v) is 5.57. The number of benzene rings is 1. The molecule has 26 heavy (non-hydrogen) atoms. The van der Waals surface area contributed by atoms with Crippen LogP contribution in [0.4, 0.5) is 0 Å². The van der Waals surface area contributed by atoms with Gasteiger partial charge in [-0.2, -0.15) is 0 Å². The summed E-state index contributed by atoms with van der Waals surface area (Å²) in [5.41, 5.74) is 7.46. The Balaban J connectivity index is 1.71. The van der Waals surface area contributed by atoms with Crippen molar-refractivity contribution >= 4 is 11.5 Å². The van der Waals surface area contributed by atoms with Gasteiger partial charge in [0, 0.05) is 0 Å². The first kappa shape index (κ1) is 17.4. The van der Waals surface area contributed by atoms with Gasteiger partial charge in [0.25, 0.3) is 0 Å². The molecule has 0 unspecified atom stereocenters. The smallest absolute Gasteiger partial charge is 0.308 e. The van der Waals surface area contributed by atoms with Crippen LogP contribution in [0.25, 0.3) is 5.57 Å². The highest BCUT2D eigenvalue weighted by Gasteiger charge is 2.49. The lowest BCUT2D eigenvalue weighted by Gasteiger charge is -2.43. The summed E-state index contributed by atoms with van der Waals surface area (Å²) >= 11 is 0. The molecule has 0 aromatic heterocycles. The average Bonchev–Trinajstić information content (AvgIpc) is 3.03. The number of esters is 1. The summed E-state index contributed by atoms with van der Waals surface area (Å²) in [5.74, 6) is 1.16. The minimum atomic E-state index is -0.0771. The van der Waals surface area contributed by atoms with E-state index >= 15 is 0 Å². The second-order valence-corrected chi connectivity index (χ2v) is 8.17. The average molecular weight is 352 g/mol. The zero-order valence-electron chi connectivity index (χ0n) is 16.2. The van der Waals surface area contributed by atoms with Crippen LogP contribution in [0.2, 0.25) is 0 Å². The molecule has 0 fully saturated rings. The molecule has 1 aromatic carbocycles. The summed E-state index contributed by atoms with van der Waals surface area (Å²) in [4.78, 5) is 12.2. The van der Waals surface area contributed by atoms with E-state index in [0.29, 0.717) is 5.92 Å². The van der Waals surface area contributed by atoms with Gasteiger partial charge in [-0.15, -0.1) is 0 Å². The Labute approximate surface area is 156 Å². The molecule has 3 aliphatic carbocycles. The molecule has 3 heteroatoms. The predicted octanol–water partition coefficient (Wildman–Crippen LogP) is 4.95. The van der Waals surface area contributed by atoms with E-state index in [1.54, 1.807) is 7.11 Å². The second kappa shape index (κ2) is 6.29. The lowest BCUT2D eigenvalue weighted by atomic mass is 9.60. The van der Waals surface area contributed by atoms with Crippen LogP contribution in [-0.2, 0) is 16.0 Å². The molecule has 0 saturated carbocycles. The lowest BCUT2D eigenvalue weighted by molar-refractivity contribution is -0.148. The Morgan fingerprint density at radius 3 is 2.73 bits per heavy atom. The molecule has 0 amide bonds. The van der Waals surface area contributed by atoms with Crippen LogP contribution < -0.4 is 4.74 Å². The van der Waals surface area contributed by atoms with E-state index < -0.39 is 0 Å². The van der Waals surface area contributed by atoms with Crippen molar-refractivity contribution in [1.82, 2.24) is 0 Å². The molecule has 0 bridgehead atoms. The van der Waals surface area contributed by atoms with Crippen LogP contribution in [0.1, 0.15) is 50.7 Å². The van der Waals surface area contributed by atoms with E-state index in [0.717, 1.165) is 37.9 Å². The molecule has 0 saturated heterocycles. The molecular formula is C23H28O3. The van der Waals surface area contributed by atoms with Crippen molar-refractivity contribution in [2.45, 2.75) is 46.0 Å². The Morgan fingerprint density at radius 1 is 1.19 bits per heavy atom. The normalized spacial score (nSPS) is 27.8. The van der Waals surface area contributed by atoms with Crippen molar-refractivity contribution in [3.8, 4) is 5.75 Å². The Morgan fingerprint density at radius 2 is 2.00 bits per heavy atom. The number of allylic oxidation sites excluding steroid dienone is 4. The zero-order chi connectivity index (χ0) is 18.5. The van der Waals surface area contributed by atoms with Crippen LogP contribution in [0, 0.1) is 17.3 Å². The second-order valence-electron chi connectivity index (χ2n) is 8.17. The van der Waals surface area contributed by atoms with Crippen LogP contribution in [0.15, 0.2) is 35.4 Å². The molecule has 3 nitrogen and oxygen atoms in total. The summed E-state index contributed by atoms with van der Waals surface area (Å²) < 4.78 is 10.4. The van der Waals surface area contributed by atoms with E-state index in [1.807, 2.05) is 6.92 Å². The predicted molar refractivity (Wildman–Crippen MR) is 103 cm³/mol. The van der Waals surface area contributed by atoms with E-state index in [1.165, 1.54) is 35.0 Å². The van der Waals surface area contributed by atoms with Gasteiger partial charge in [0.2, 0.25) is 0 Å². The van der Waals surface area contributed by atoms with Crippen molar-refractivity contribution in [2.75, 3.05) is 14.2 Å². The minimum Gasteiger partial charge on any atom is -0.497 e. The molecule has 3 atom stereocenters. The molecule has 0 N–H and O–H groups in total. The number of fused-ring (bicyclic) bond motifs is 4. The Bertz CT molecular complexity index is 817. The molecule has 4 rings (SSSR count). The number of ether oxygens (including phenoxy) is 2. The van der Waals surface area contributed by atoms with E-state index in [4.69, 9.17) is 9.47 Å². The standard InChI is InChI=1S/C23H28O3/c1-14(22(24)26-4)20-9-10-21-19-7-5-15-13-16(25-3)6-8-17(15)18(19)11-12-23(20,21)2/h6,8,10,13-14,20H,5,7,9,11-12H2,1-4H3/t14-,20+,23-/m1/s1. The number of carbonyl (C=O) groups excluding carboxylic acids is 1. The first-order chi connectivity index (χ1) is 12.5. The molecule has 3 aliphatic rings. The molecule has 0 spiro atoms. The highest BCUT2D eigenvalue weighted by Crippen LogP contribution is 2.59. The summed E-state index contributed by atoms with van der Waals surface area (Å²) in [6.07, 6.45) is 7.75. The van der Waals surface area contributed by atoms with E-state index in [-0.39, 0.29) is 17.3 Å². The Hall–Kier alpha value is -2.03. The van der Waals surface area contributed by atoms with Crippen LogP contribution in [0.3, 0.4) is 0 Å². The van der Waals surface area contributed by atoms with Gasteiger partial charge in [-0.1, -0.05) is 26.0 Å². The summed E-state index contributed by atoms with van der Waals surface area (Å²) in [7, 11) is 3.23. The lowest BCUT2D eigenvalue weighted by Crippen LogP contribution is -2.36. The van der Waals surface area contributed by atoms with Gasteiger partial charge in [0.1, 0.15) is 5.75 Å². The molecule has 138 valence electrons. The van der Waals surface area contributed by atoms with Crippen LogP contribution in [-0.4, -0.2) is 20.2 Å². The molecule has 0 aliphatic heterocycles. The monoisotopic (exact) mass is 352 g/mol. The summed E-state index contributed by atoms with van der Waals surface area (Å²) in [6.45, 7) is 4.40. The first-order valence-corrected chi connectivity index (χ1v) is 9.67. The van der Waals surface area contributed by atoms with Crippen LogP contribution in [0.5, 0.6) is 5.75 Å². The van der Waals surface area contributed by atoms with Gasteiger partial charge in [0.05, 0.1) is 20.1 Å². The van der Waals surface area contributed by atoms with Gasteiger partial charge in [-0.3, -0.25) is 4.79 Å². The maximum atomic E-state index is 12.2. The van der Waals surface area contributed by atoms with Crippen molar-refractivity contribution < 1.29 is 14.3 Å². The van der Waals surface area contributed by atoms with E-state index in [2.05, 4.69) is 31.2 Å². The third kappa shape index (κ3) is 2.44. The minimum absolute atomic E-state index is 0.0546. The summed E-state index contributed by atoms with van der Waals surface area (Å²) in [6, 6.07) is 6.50. The maximum Gasteiger partial charge on any atom is 0.308 e. The van der Waals surface area contributed by atoms with E-state index in [9.17, 15) is 4.79 Å². The van der Waals surface area contributed by atoms with Gasteiger partial charge in [-0.25, -0.2) is 0 Å². The van der Waals surface area contributed by atoms with Gasteiger partial charge in [0.15, 0.2) is 0 Å². The van der Waals surface area contributed by atoms with Crippen LogP contribution >= 0.6 is 0 Å². The quantitative estimate of drug-likeness (QED) is 0.722. The van der Waals surface area contributed by atoms with Gasteiger partial charge >= 0.3 is 5.97 Å². The molecule has 0 heterocycles. The van der Waals surface area contributed by atoms with Crippen molar-refractivity contribution in [1.29, 1.82) is 0 Å². The zero-order valence-corrected chi connectivity index (χ0v) is 16.2. The van der Waals surface area contributed by atoms with Crippen molar-refractivity contribution in [2.24, 2.45) is 17.3 Å². The highest BCUT2D eigenvalue weighted by molar-refractivity contribution is 5.80. The largest absolute Gasteiger partial charge is 0.497 e. The first-order valence-electron chi connectivity index (χ1n) is 9.67. The number of aryl methyl sites for hydroxylation is 1. The fraction of sp³-hybridized carbons (Fsp3) is 0.522. The van der Waals surface area contributed by atoms with Gasteiger partial charge < -0.3 is 9.47 Å². The molecule has 1 aromatic rings. The number of hydrogen-bond acceptors (Lipinski definition) is 3. The van der Waals surface area contributed by atoms with Gasteiger partial charge in [-0.05, 0) is 83.4 Å². The highest BCUT2D eigenvalue weighted by atomic mass is 16.5. The fourth-order valence-electron chi connectivity index (χ4n) is 5.57. The molecular weight excluding hydrogens is 324 g/mol. The summed E-state index contributed by atoms with van der Waals surface area (Å²) in [5, 5.41) is 0. The molecule has 0 radical (unpaired) electrons.